The first kappa shape index (κ1) is 17.7. The van der Waals surface area contributed by atoms with Crippen LogP contribution in [0.15, 0.2) is 12.2 Å². The Morgan fingerprint density at radius 2 is 1.53 bits per heavy atom. The Morgan fingerprint density at radius 3 is 2.16 bits per heavy atom. The molecule has 0 spiro atoms. The molecule has 0 N–H and O–H groups in total. The van der Waals surface area contributed by atoms with Gasteiger partial charge in [-0.25, -0.2) is 4.79 Å². The van der Waals surface area contributed by atoms with Gasteiger partial charge < -0.3 is 9.47 Å². The highest BCUT2D eigenvalue weighted by atomic mass is 16.5. The van der Waals surface area contributed by atoms with E-state index >= 15 is 0 Å². The maximum Gasteiger partial charge on any atom is 0.333 e. The molecule has 0 unspecified atom stereocenters. The third-order valence-electron chi connectivity index (χ3n) is 2.64. The summed E-state index contributed by atoms with van der Waals surface area (Å²) in [6, 6.07) is 0. The van der Waals surface area contributed by atoms with Crippen molar-refractivity contribution in [2.75, 3.05) is 13.2 Å². The Labute approximate surface area is 116 Å². The first-order valence-electron chi connectivity index (χ1n) is 7.12. The lowest BCUT2D eigenvalue weighted by Gasteiger charge is -2.07. The average molecular weight is 270 g/mol. The smallest absolute Gasteiger partial charge is 0.333 e. The normalized spacial score (nSPS) is 10.0. The Balaban J connectivity index is 3.67. The monoisotopic (exact) mass is 270 g/mol. The average Bonchev–Trinajstić information content (AvgIpc) is 2.38. The summed E-state index contributed by atoms with van der Waals surface area (Å²) >= 11 is 0. The van der Waals surface area contributed by atoms with Gasteiger partial charge >= 0.3 is 11.9 Å². The minimum atomic E-state index is -0.503. The summed E-state index contributed by atoms with van der Waals surface area (Å²) in [7, 11) is 0. The van der Waals surface area contributed by atoms with Crippen molar-refractivity contribution in [2.45, 2.75) is 58.8 Å². The van der Waals surface area contributed by atoms with Gasteiger partial charge in [0, 0.05) is 5.57 Å². The van der Waals surface area contributed by atoms with Crippen LogP contribution >= 0.6 is 0 Å². The van der Waals surface area contributed by atoms with Gasteiger partial charge in [0.1, 0.15) is 0 Å². The lowest BCUT2D eigenvalue weighted by Crippen LogP contribution is -2.14. The quantitative estimate of drug-likeness (QED) is 0.328. The van der Waals surface area contributed by atoms with E-state index in [4.69, 9.17) is 9.47 Å². The van der Waals surface area contributed by atoms with Gasteiger partial charge in [0.25, 0.3) is 0 Å². The minimum absolute atomic E-state index is 0.0846. The van der Waals surface area contributed by atoms with Gasteiger partial charge in [0.05, 0.1) is 19.6 Å². The molecule has 19 heavy (non-hydrogen) atoms. The van der Waals surface area contributed by atoms with E-state index in [2.05, 4.69) is 13.5 Å². The van der Waals surface area contributed by atoms with E-state index in [-0.39, 0.29) is 12.0 Å². The maximum atomic E-state index is 11.4. The first-order chi connectivity index (χ1) is 9.11. The molecule has 0 aliphatic carbocycles. The maximum absolute atomic E-state index is 11.4. The highest BCUT2D eigenvalue weighted by molar-refractivity contribution is 5.93. The Hall–Kier alpha value is -1.32. The van der Waals surface area contributed by atoms with E-state index in [0.29, 0.717) is 13.2 Å². The standard InChI is InChI=1S/C15H26O4/c1-4-6-8-9-11-18-14(16)12-13(3)15(17)19-10-7-5-2/h3-12H2,1-2H3. The highest BCUT2D eigenvalue weighted by Gasteiger charge is 2.13. The fraction of sp³-hybridized carbons (Fsp3) is 0.733. The third kappa shape index (κ3) is 10.3. The summed E-state index contributed by atoms with van der Waals surface area (Å²) in [4.78, 5) is 22.9. The fourth-order valence-electron chi connectivity index (χ4n) is 1.42. The summed E-state index contributed by atoms with van der Waals surface area (Å²) in [5.41, 5.74) is 0.162. The second kappa shape index (κ2) is 11.8. The summed E-state index contributed by atoms with van der Waals surface area (Å²) in [6.45, 7) is 8.48. The lowest BCUT2D eigenvalue weighted by atomic mass is 10.2. The predicted octanol–water partition coefficient (Wildman–Crippen LogP) is 3.40. The lowest BCUT2D eigenvalue weighted by molar-refractivity contribution is -0.146. The first-order valence-corrected chi connectivity index (χ1v) is 7.12. The minimum Gasteiger partial charge on any atom is -0.465 e. The molecule has 0 aromatic rings. The van der Waals surface area contributed by atoms with Crippen LogP contribution in [0.5, 0.6) is 0 Å². The summed E-state index contributed by atoms with van der Waals surface area (Å²) < 4.78 is 9.98. The predicted molar refractivity (Wildman–Crippen MR) is 74.7 cm³/mol. The van der Waals surface area contributed by atoms with Crippen LogP contribution in [-0.4, -0.2) is 25.2 Å². The van der Waals surface area contributed by atoms with Crippen LogP contribution in [0.2, 0.25) is 0 Å². The number of rotatable bonds is 11. The van der Waals surface area contributed by atoms with Gasteiger partial charge in [0.15, 0.2) is 0 Å². The number of esters is 2. The topological polar surface area (TPSA) is 52.6 Å². The van der Waals surface area contributed by atoms with Gasteiger partial charge in [0.2, 0.25) is 0 Å². The second-order valence-electron chi connectivity index (χ2n) is 4.55. The zero-order valence-electron chi connectivity index (χ0n) is 12.2. The van der Waals surface area contributed by atoms with E-state index in [1.165, 1.54) is 0 Å². The number of carbonyl (C=O) groups is 2. The number of carbonyl (C=O) groups excluding carboxylic acids is 2. The Bertz CT molecular complexity index is 284. The van der Waals surface area contributed by atoms with Crippen molar-refractivity contribution >= 4 is 11.9 Å². The van der Waals surface area contributed by atoms with Crippen molar-refractivity contribution in [3.05, 3.63) is 12.2 Å². The molecule has 0 bridgehead atoms. The van der Waals surface area contributed by atoms with Gasteiger partial charge in [-0.05, 0) is 12.8 Å². The van der Waals surface area contributed by atoms with Crippen LogP contribution in [0, 0.1) is 0 Å². The Morgan fingerprint density at radius 1 is 0.895 bits per heavy atom. The van der Waals surface area contributed by atoms with Gasteiger partial charge in [-0.2, -0.15) is 0 Å². The van der Waals surface area contributed by atoms with Crippen molar-refractivity contribution < 1.29 is 19.1 Å². The van der Waals surface area contributed by atoms with Crippen molar-refractivity contribution in [1.82, 2.24) is 0 Å². The van der Waals surface area contributed by atoms with Crippen molar-refractivity contribution in [2.24, 2.45) is 0 Å². The zero-order chi connectivity index (χ0) is 14.5. The molecule has 0 aromatic heterocycles. The van der Waals surface area contributed by atoms with E-state index in [0.717, 1.165) is 38.5 Å². The van der Waals surface area contributed by atoms with Crippen LogP contribution in [-0.2, 0) is 19.1 Å². The molecular weight excluding hydrogens is 244 g/mol. The molecular formula is C15H26O4. The van der Waals surface area contributed by atoms with Gasteiger partial charge in [-0.15, -0.1) is 0 Å². The molecule has 0 fully saturated rings. The molecule has 0 heterocycles. The molecule has 0 atom stereocenters. The van der Waals surface area contributed by atoms with Gasteiger partial charge in [-0.1, -0.05) is 46.1 Å². The van der Waals surface area contributed by atoms with E-state index in [9.17, 15) is 9.59 Å². The molecule has 0 aliphatic rings. The second-order valence-corrected chi connectivity index (χ2v) is 4.55. The third-order valence-corrected chi connectivity index (χ3v) is 2.64. The molecule has 0 radical (unpaired) electrons. The fourth-order valence-corrected chi connectivity index (χ4v) is 1.42. The van der Waals surface area contributed by atoms with Crippen LogP contribution < -0.4 is 0 Å². The number of ether oxygens (including phenoxy) is 2. The molecule has 0 saturated heterocycles. The zero-order valence-corrected chi connectivity index (χ0v) is 12.2. The van der Waals surface area contributed by atoms with Crippen molar-refractivity contribution in [1.29, 1.82) is 0 Å². The SMILES string of the molecule is C=C(CC(=O)OCCCCCC)C(=O)OCCCC. The molecule has 0 aliphatic heterocycles. The number of hydrogen-bond donors (Lipinski definition) is 0. The van der Waals surface area contributed by atoms with Crippen molar-refractivity contribution in [3.63, 3.8) is 0 Å². The van der Waals surface area contributed by atoms with Crippen LogP contribution in [0.1, 0.15) is 58.8 Å². The molecule has 4 nitrogen and oxygen atoms in total. The van der Waals surface area contributed by atoms with Crippen LogP contribution in [0.25, 0.3) is 0 Å². The molecule has 0 aromatic carbocycles. The van der Waals surface area contributed by atoms with E-state index < -0.39 is 11.9 Å². The van der Waals surface area contributed by atoms with E-state index in [1.807, 2.05) is 6.92 Å². The van der Waals surface area contributed by atoms with E-state index in [1.54, 1.807) is 0 Å². The number of unbranched alkanes of at least 4 members (excludes halogenated alkanes) is 4. The van der Waals surface area contributed by atoms with Gasteiger partial charge in [-0.3, -0.25) is 4.79 Å². The number of hydrogen-bond acceptors (Lipinski definition) is 4. The molecule has 0 saturated carbocycles. The highest BCUT2D eigenvalue weighted by Crippen LogP contribution is 2.05. The summed E-state index contributed by atoms with van der Waals surface area (Å²) in [5, 5.41) is 0. The molecule has 4 heteroatoms. The van der Waals surface area contributed by atoms with Crippen molar-refractivity contribution in [3.8, 4) is 0 Å². The van der Waals surface area contributed by atoms with Crippen LogP contribution in [0.4, 0.5) is 0 Å². The molecule has 0 amide bonds. The molecule has 110 valence electrons. The summed E-state index contributed by atoms with van der Waals surface area (Å²) in [6.07, 6.45) is 5.92. The van der Waals surface area contributed by atoms with Crippen LogP contribution in [0.3, 0.4) is 0 Å². The molecule has 0 rings (SSSR count). The largest absolute Gasteiger partial charge is 0.465 e. The summed E-state index contributed by atoms with van der Waals surface area (Å²) in [5.74, 6) is -0.912. The Kier molecular flexibility index (Phi) is 10.9.